The highest BCUT2D eigenvalue weighted by atomic mass is 16.6. The van der Waals surface area contributed by atoms with Gasteiger partial charge in [0, 0.05) is 26.6 Å². The van der Waals surface area contributed by atoms with Crippen molar-refractivity contribution >= 4 is 11.8 Å². The number of esters is 1. The number of aryl methyl sites for hydroxylation is 2. The summed E-state index contributed by atoms with van der Waals surface area (Å²) in [5.74, 6) is 0.118. The number of fused-ring (bicyclic) bond motifs is 1. The van der Waals surface area contributed by atoms with E-state index >= 15 is 0 Å². The van der Waals surface area contributed by atoms with E-state index in [2.05, 4.69) is 11.0 Å². The normalized spacial score (nSPS) is 29.8. The minimum atomic E-state index is -0.765. The minimum absolute atomic E-state index is 0.116. The van der Waals surface area contributed by atoms with Gasteiger partial charge in [-0.2, -0.15) is 0 Å². The van der Waals surface area contributed by atoms with Crippen LogP contribution in [0.15, 0.2) is 6.07 Å². The first-order valence-electron chi connectivity index (χ1n) is 10.1. The molecule has 3 aliphatic rings. The molecule has 1 aliphatic carbocycles. The van der Waals surface area contributed by atoms with Gasteiger partial charge in [-0.1, -0.05) is 6.07 Å². The van der Waals surface area contributed by atoms with Gasteiger partial charge >= 0.3 is 5.97 Å². The number of rotatable bonds is 3. The Morgan fingerprint density at radius 3 is 2.57 bits per heavy atom. The van der Waals surface area contributed by atoms with Gasteiger partial charge in [-0.05, 0) is 50.3 Å². The van der Waals surface area contributed by atoms with E-state index in [0.717, 1.165) is 42.6 Å². The van der Waals surface area contributed by atoms with Crippen LogP contribution in [0.1, 0.15) is 46.8 Å². The van der Waals surface area contributed by atoms with Crippen LogP contribution in [-0.4, -0.2) is 61.2 Å². The molecule has 2 fully saturated rings. The van der Waals surface area contributed by atoms with Gasteiger partial charge in [0.1, 0.15) is 11.9 Å². The maximum Gasteiger partial charge on any atom is 0.303 e. The molecule has 0 amide bonds. The van der Waals surface area contributed by atoms with Crippen LogP contribution in [0.25, 0.3) is 0 Å². The smallest absolute Gasteiger partial charge is 0.303 e. The molecule has 1 saturated carbocycles. The van der Waals surface area contributed by atoms with Crippen molar-refractivity contribution in [3.63, 3.8) is 0 Å². The first kappa shape index (κ1) is 19.4. The Morgan fingerprint density at radius 1 is 1.25 bits per heavy atom. The third kappa shape index (κ3) is 3.03. The Hall–Kier alpha value is -1.92. The lowest BCUT2D eigenvalue weighted by Crippen LogP contribution is -2.68. The van der Waals surface area contributed by atoms with Crippen molar-refractivity contribution in [1.29, 1.82) is 0 Å². The molecule has 28 heavy (non-hydrogen) atoms. The zero-order chi connectivity index (χ0) is 20.1. The van der Waals surface area contributed by atoms with E-state index in [1.54, 1.807) is 0 Å². The Bertz CT molecular complexity index is 814. The number of carbonyl (C=O) groups excluding carboxylic acids is 2. The molecule has 3 unspecified atom stereocenters. The van der Waals surface area contributed by atoms with Crippen molar-refractivity contribution in [2.45, 2.75) is 52.2 Å². The van der Waals surface area contributed by atoms with Crippen LogP contribution in [-0.2, 0) is 14.3 Å². The van der Waals surface area contributed by atoms with E-state index in [9.17, 15) is 9.59 Å². The number of ketones is 1. The van der Waals surface area contributed by atoms with E-state index in [4.69, 9.17) is 14.2 Å². The number of benzene rings is 1. The second-order valence-corrected chi connectivity index (χ2v) is 8.36. The van der Waals surface area contributed by atoms with Crippen molar-refractivity contribution in [2.75, 3.05) is 32.8 Å². The van der Waals surface area contributed by atoms with E-state index < -0.39 is 5.60 Å². The molecular formula is C22H29NO5. The number of Topliss-reactive ketones (excluding diaryl/α,β-unsaturated/α-hetero) is 1. The van der Waals surface area contributed by atoms with Crippen molar-refractivity contribution in [2.24, 2.45) is 5.92 Å². The van der Waals surface area contributed by atoms with Gasteiger partial charge in [-0.15, -0.1) is 0 Å². The van der Waals surface area contributed by atoms with Crippen LogP contribution in [0.5, 0.6) is 5.75 Å². The predicted octanol–water partition coefficient (Wildman–Crippen LogP) is 2.60. The molecule has 0 radical (unpaired) electrons. The third-order valence-electron chi connectivity index (χ3n) is 6.63. The summed E-state index contributed by atoms with van der Waals surface area (Å²) in [6.45, 7) is 11.0. The molecule has 6 heteroatoms. The summed E-state index contributed by atoms with van der Waals surface area (Å²) in [6.07, 6.45) is 1.07. The Morgan fingerprint density at radius 2 is 1.96 bits per heavy atom. The molecule has 6 nitrogen and oxygen atoms in total. The summed E-state index contributed by atoms with van der Waals surface area (Å²) in [4.78, 5) is 27.7. The topological polar surface area (TPSA) is 65.1 Å². The number of morpholine rings is 1. The number of ether oxygens (including phenoxy) is 3. The maximum atomic E-state index is 13.7. The van der Waals surface area contributed by atoms with Gasteiger partial charge in [0.2, 0.25) is 0 Å². The standard InChI is InChI=1S/C22H29NO5/c1-13-11-14(2)19-20(25)17(12-23-7-9-26-10-8-23)22(28-21(19)15(13)3)6-5-18(22)27-16(4)24/h11,17-18H,5-10,12H2,1-4H3. The number of carbonyl (C=O) groups is 2. The average Bonchev–Trinajstić information content (AvgIpc) is 2.65. The van der Waals surface area contributed by atoms with Gasteiger partial charge in [0.15, 0.2) is 11.4 Å². The van der Waals surface area contributed by atoms with Gasteiger partial charge in [0.25, 0.3) is 0 Å². The molecule has 3 atom stereocenters. The first-order valence-corrected chi connectivity index (χ1v) is 10.1. The van der Waals surface area contributed by atoms with Gasteiger partial charge < -0.3 is 14.2 Å². The third-order valence-corrected chi connectivity index (χ3v) is 6.63. The SMILES string of the molecule is CC(=O)OC1CCC12Oc1c(C)c(C)cc(C)c1C(=O)C2CN1CCOCC1. The lowest BCUT2D eigenvalue weighted by Gasteiger charge is -2.55. The Labute approximate surface area is 166 Å². The molecule has 1 spiro atoms. The van der Waals surface area contributed by atoms with Crippen molar-refractivity contribution < 1.29 is 23.8 Å². The van der Waals surface area contributed by atoms with E-state index in [1.165, 1.54) is 6.92 Å². The Balaban J connectivity index is 1.76. The summed E-state index contributed by atoms with van der Waals surface area (Å²) < 4.78 is 17.7. The highest BCUT2D eigenvalue weighted by molar-refractivity contribution is 6.04. The lowest BCUT2D eigenvalue weighted by molar-refractivity contribution is -0.193. The fourth-order valence-electron chi connectivity index (χ4n) is 4.84. The lowest BCUT2D eigenvalue weighted by atomic mass is 9.64. The fourth-order valence-corrected chi connectivity index (χ4v) is 4.84. The summed E-state index contributed by atoms with van der Waals surface area (Å²) in [5, 5.41) is 0. The van der Waals surface area contributed by atoms with E-state index in [-0.39, 0.29) is 23.8 Å². The highest BCUT2D eigenvalue weighted by Crippen LogP contribution is 2.51. The van der Waals surface area contributed by atoms with Crippen LogP contribution >= 0.6 is 0 Å². The number of nitrogens with zero attached hydrogens (tertiary/aromatic N) is 1. The largest absolute Gasteiger partial charge is 0.482 e. The van der Waals surface area contributed by atoms with Crippen molar-refractivity contribution in [3.8, 4) is 5.75 Å². The zero-order valence-electron chi connectivity index (χ0n) is 17.2. The summed E-state index contributed by atoms with van der Waals surface area (Å²) in [6, 6.07) is 2.06. The Kier molecular flexibility index (Phi) is 4.96. The van der Waals surface area contributed by atoms with Gasteiger partial charge in [0.05, 0.1) is 24.7 Å². The molecule has 4 rings (SSSR count). The van der Waals surface area contributed by atoms with Crippen LogP contribution in [0.3, 0.4) is 0 Å². The van der Waals surface area contributed by atoms with Gasteiger partial charge in [-0.3, -0.25) is 14.5 Å². The van der Waals surface area contributed by atoms with Crippen LogP contribution in [0.4, 0.5) is 0 Å². The summed E-state index contributed by atoms with van der Waals surface area (Å²) >= 11 is 0. The zero-order valence-corrected chi connectivity index (χ0v) is 17.2. The van der Waals surface area contributed by atoms with E-state index in [1.807, 2.05) is 20.8 Å². The molecule has 0 N–H and O–H groups in total. The number of hydrogen-bond donors (Lipinski definition) is 0. The second kappa shape index (κ2) is 7.16. The highest BCUT2D eigenvalue weighted by Gasteiger charge is 2.62. The molecule has 2 aliphatic heterocycles. The van der Waals surface area contributed by atoms with E-state index in [0.29, 0.717) is 31.1 Å². The van der Waals surface area contributed by atoms with Crippen molar-refractivity contribution in [3.05, 3.63) is 28.3 Å². The maximum absolute atomic E-state index is 13.7. The molecule has 1 aromatic rings. The monoisotopic (exact) mass is 387 g/mol. The van der Waals surface area contributed by atoms with Gasteiger partial charge in [-0.25, -0.2) is 0 Å². The van der Waals surface area contributed by atoms with Crippen molar-refractivity contribution in [1.82, 2.24) is 4.90 Å². The second-order valence-electron chi connectivity index (χ2n) is 8.36. The molecule has 0 bridgehead atoms. The molecule has 2 heterocycles. The average molecular weight is 387 g/mol. The minimum Gasteiger partial charge on any atom is -0.482 e. The summed E-state index contributed by atoms with van der Waals surface area (Å²) in [7, 11) is 0. The van der Waals surface area contributed by atoms with Crippen LogP contribution in [0.2, 0.25) is 0 Å². The van der Waals surface area contributed by atoms with Crippen LogP contribution in [0, 0.1) is 26.7 Å². The molecule has 152 valence electrons. The van der Waals surface area contributed by atoms with Crippen LogP contribution < -0.4 is 4.74 Å². The summed E-state index contributed by atoms with van der Waals surface area (Å²) in [5.41, 5.74) is 2.98. The molecular weight excluding hydrogens is 358 g/mol. The predicted molar refractivity (Wildman–Crippen MR) is 104 cm³/mol. The molecule has 1 saturated heterocycles. The fraction of sp³-hybridized carbons (Fsp3) is 0.636. The molecule has 0 aromatic heterocycles. The quantitative estimate of drug-likeness (QED) is 0.743. The molecule has 1 aromatic carbocycles. The number of hydrogen-bond acceptors (Lipinski definition) is 6. The first-order chi connectivity index (χ1) is 13.3.